The number of anilines is 3. The van der Waals surface area contributed by atoms with Gasteiger partial charge in [-0.25, -0.2) is 13.8 Å². The van der Waals surface area contributed by atoms with Gasteiger partial charge in [0, 0.05) is 49.7 Å². The van der Waals surface area contributed by atoms with Crippen molar-refractivity contribution in [1.82, 2.24) is 9.97 Å². The summed E-state index contributed by atoms with van der Waals surface area (Å²) in [6.07, 6.45) is 0. The zero-order valence-corrected chi connectivity index (χ0v) is 17.6. The molecule has 0 bridgehead atoms. The number of halogens is 2. The van der Waals surface area contributed by atoms with E-state index in [1.54, 1.807) is 6.07 Å². The lowest BCUT2D eigenvalue weighted by molar-refractivity contribution is -0.118. The molecule has 1 aliphatic rings. The minimum absolute atomic E-state index is 0.241. The van der Waals surface area contributed by atoms with Crippen molar-refractivity contribution in [2.75, 3.05) is 47.9 Å². The van der Waals surface area contributed by atoms with Crippen LogP contribution in [0.1, 0.15) is 5.69 Å². The largest absolute Gasteiger partial charge is 0.467 e. The van der Waals surface area contributed by atoms with Gasteiger partial charge in [-0.1, -0.05) is 18.2 Å². The molecule has 9 heteroatoms. The van der Waals surface area contributed by atoms with Gasteiger partial charge in [-0.05, 0) is 31.2 Å². The Morgan fingerprint density at radius 1 is 1.00 bits per heavy atom. The Labute approximate surface area is 184 Å². The van der Waals surface area contributed by atoms with Crippen LogP contribution >= 0.6 is 0 Å². The minimum atomic E-state index is -0.727. The quantitative estimate of drug-likeness (QED) is 0.635. The lowest BCUT2D eigenvalue weighted by Crippen LogP contribution is -2.47. The second kappa shape index (κ2) is 9.59. The summed E-state index contributed by atoms with van der Waals surface area (Å²) in [6.45, 7) is 4.58. The highest BCUT2D eigenvalue weighted by Crippen LogP contribution is 2.21. The molecule has 0 spiro atoms. The van der Waals surface area contributed by atoms with Gasteiger partial charge in [-0.15, -0.1) is 0 Å². The van der Waals surface area contributed by atoms with Gasteiger partial charge in [0.2, 0.25) is 11.8 Å². The fourth-order valence-electron chi connectivity index (χ4n) is 3.46. The van der Waals surface area contributed by atoms with Crippen molar-refractivity contribution in [2.45, 2.75) is 6.92 Å². The lowest BCUT2D eigenvalue weighted by Gasteiger charge is -2.36. The zero-order valence-electron chi connectivity index (χ0n) is 17.6. The Balaban J connectivity index is 1.35. The fourth-order valence-corrected chi connectivity index (χ4v) is 3.46. The molecule has 166 valence electrons. The molecule has 32 heavy (non-hydrogen) atoms. The summed E-state index contributed by atoms with van der Waals surface area (Å²) < 4.78 is 32.4. The normalized spacial score (nSPS) is 13.7. The van der Waals surface area contributed by atoms with E-state index in [1.807, 2.05) is 25.1 Å². The van der Waals surface area contributed by atoms with Gasteiger partial charge >= 0.3 is 0 Å². The number of carbonyl (C=O) groups excluding carboxylic acids is 1. The molecule has 0 saturated carbocycles. The van der Waals surface area contributed by atoms with E-state index in [-0.39, 0.29) is 11.6 Å². The monoisotopic (exact) mass is 439 g/mol. The maximum Gasteiger partial charge on any atom is 0.262 e. The van der Waals surface area contributed by atoms with Gasteiger partial charge in [-0.2, -0.15) is 4.98 Å². The topological polar surface area (TPSA) is 70.6 Å². The molecule has 1 fully saturated rings. The van der Waals surface area contributed by atoms with Gasteiger partial charge in [0.1, 0.15) is 11.6 Å². The molecule has 1 aliphatic heterocycles. The smallest absolute Gasteiger partial charge is 0.262 e. The Bertz CT molecular complexity index is 1090. The van der Waals surface area contributed by atoms with Crippen molar-refractivity contribution in [3.05, 3.63) is 71.9 Å². The maximum absolute atomic E-state index is 13.7. The summed E-state index contributed by atoms with van der Waals surface area (Å²) in [7, 11) is 0. The van der Waals surface area contributed by atoms with E-state index in [9.17, 15) is 13.6 Å². The second-order valence-corrected chi connectivity index (χ2v) is 7.42. The van der Waals surface area contributed by atoms with Crippen LogP contribution in [-0.2, 0) is 4.79 Å². The molecule has 1 saturated heterocycles. The number of nitrogens with zero attached hydrogens (tertiary/aromatic N) is 4. The highest BCUT2D eigenvalue weighted by Gasteiger charge is 2.20. The number of para-hydroxylation sites is 1. The van der Waals surface area contributed by atoms with Gasteiger partial charge in [0.05, 0.1) is 5.69 Å². The molecule has 0 radical (unpaired) electrons. The van der Waals surface area contributed by atoms with E-state index in [4.69, 9.17) is 4.74 Å². The number of nitrogens with one attached hydrogen (secondary N) is 1. The summed E-state index contributed by atoms with van der Waals surface area (Å²) in [6, 6.07) is 14.7. The number of amides is 1. The molecule has 4 rings (SSSR count). The van der Waals surface area contributed by atoms with Gasteiger partial charge in [0.15, 0.2) is 6.61 Å². The third-order valence-electron chi connectivity index (χ3n) is 5.06. The molecular weight excluding hydrogens is 416 g/mol. The number of rotatable bonds is 6. The van der Waals surface area contributed by atoms with E-state index in [0.717, 1.165) is 44.4 Å². The first-order valence-corrected chi connectivity index (χ1v) is 10.3. The number of hydrogen-bond donors (Lipinski definition) is 1. The highest BCUT2D eigenvalue weighted by atomic mass is 19.1. The number of ether oxygens (including phenoxy) is 1. The molecule has 2 aromatic carbocycles. The van der Waals surface area contributed by atoms with Gasteiger partial charge in [-0.3, -0.25) is 4.79 Å². The Morgan fingerprint density at radius 2 is 1.72 bits per heavy atom. The van der Waals surface area contributed by atoms with Crippen LogP contribution < -0.4 is 19.9 Å². The summed E-state index contributed by atoms with van der Waals surface area (Å²) >= 11 is 0. The predicted octanol–water partition coefficient (Wildman–Crippen LogP) is 3.41. The first-order valence-electron chi connectivity index (χ1n) is 10.3. The summed E-state index contributed by atoms with van der Waals surface area (Å²) in [4.78, 5) is 25.4. The fraction of sp³-hybridized carbons (Fsp3) is 0.261. The summed E-state index contributed by atoms with van der Waals surface area (Å²) in [5.41, 5.74) is 1.64. The lowest BCUT2D eigenvalue weighted by atomic mass is 10.2. The highest BCUT2D eigenvalue weighted by molar-refractivity contribution is 5.91. The minimum Gasteiger partial charge on any atom is -0.467 e. The van der Waals surface area contributed by atoms with Crippen molar-refractivity contribution in [3.8, 4) is 5.88 Å². The summed E-state index contributed by atoms with van der Waals surface area (Å²) in [5, 5.41) is 2.30. The van der Waals surface area contributed by atoms with Crippen molar-refractivity contribution in [3.63, 3.8) is 0 Å². The van der Waals surface area contributed by atoms with Crippen LogP contribution in [0.3, 0.4) is 0 Å². The van der Waals surface area contributed by atoms with Crippen molar-refractivity contribution < 1.29 is 18.3 Å². The van der Waals surface area contributed by atoms with Crippen LogP contribution in [0.2, 0.25) is 0 Å². The molecule has 0 aliphatic carbocycles. The Hall–Kier alpha value is -3.75. The Kier molecular flexibility index (Phi) is 6.44. The van der Waals surface area contributed by atoms with E-state index < -0.39 is 24.1 Å². The molecular formula is C23H23F2N5O2. The second-order valence-electron chi connectivity index (χ2n) is 7.42. The molecule has 1 amide bonds. The number of aromatic nitrogens is 2. The molecule has 3 aromatic rings. The SMILES string of the molecule is Cc1cc(OCC(=O)Nc2cc(F)ccc2F)nc(N2CCN(c3ccccc3)CC2)n1. The first-order chi connectivity index (χ1) is 15.5. The number of carbonyl (C=O) groups is 1. The number of hydrogen-bond acceptors (Lipinski definition) is 6. The molecule has 0 atom stereocenters. The number of aryl methyl sites for hydroxylation is 1. The Morgan fingerprint density at radius 3 is 2.47 bits per heavy atom. The van der Waals surface area contributed by atoms with Crippen LogP contribution in [0.5, 0.6) is 5.88 Å². The third kappa shape index (κ3) is 5.29. The van der Waals surface area contributed by atoms with Crippen LogP contribution in [0, 0.1) is 18.6 Å². The predicted molar refractivity (Wildman–Crippen MR) is 118 cm³/mol. The van der Waals surface area contributed by atoms with E-state index >= 15 is 0 Å². The average molecular weight is 439 g/mol. The zero-order chi connectivity index (χ0) is 22.5. The maximum atomic E-state index is 13.7. The van der Waals surface area contributed by atoms with E-state index in [0.29, 0.717) is 11.6 Å². The van der Waals surface area contributed by atoms with Crippen LogP contribution in [-0.4, -0.2) is 48.7 Å². The van der Waals surface area contributed by atoms with Gasteiger partial charge in [0.25, 0.3) is 5.91 Å². The van der Waals surface area contributed by atoms with E-state index in [2.05, 4.69) is 37.2 Å². The third-order valence-corrected chi connectivity index (χ3v) is 5.06. The van der Waals surface area contributed by atoms with Crippen LogP contribution in [0.15, 0.2) is 54.6 Å². The van der Waals surface area contributed by atoms with E-state index in [1.165, 1.54) is 5.69 Å². The van der Waals surface area contributed by atoms with Crippen molar-refractivity contribution >= 4 is 23.2 Å². The number of piperazine rings is 1. The van der Waals surface area contributed by atoms with Crippen LogP contribution in [0.25, 0.3) is 0 Å². The molecule has 7 nitrogen and oxygen atoms in total. The standard InChI is InChI=1S/C23H23F2N5O2/c1-16-13-22(32-15-21(31)27-20-14-17(24)7-8-19(20)25)28-23(26-16)30-11-9-29(10-12-30)18-5-3-2-4-6-18/h2-8,13-14H,9-12,15H2,1H3,(H,27,31). The van der Waals surface area contributed by atoms with Gasteiger partial charge < -0.3 is 19.9 Å². The molecule has 0 unspecified atom stereocenters. The first kappa shape index (κ1) is 21.5. The molecule has 1 N–H and O–H groups in total. The number of benzene rings is 2. The average Bonchev–Trinajstić information content (AvgIpc) is 2.80. The summed E-state index contributed by atoms with van der Waals surface area (Å²) in [5.74, 6) is -1.22. The van der Waals surface area contributed by atoms with Crippen LogP contribution in [0.4, 0.5) is 26.1 Å². The molecule has 1 aromatic heterocycles. The molecule has 2 heterocycles. The van der Waals surface area contributed by atoms with Crippen molar-refractivity contribution in [1.29, 1.82) is 0 Å². The van der Waals surface area contributed by atoms with Crippen molar-refractivity contribution in [2.24, 2.45) is 0 Å².